The second kappa shape index (κ2) is 5.69. The highest BCUT2D eigenvalue weighted by atomic mass is 16.2. The zero-order valence-electron chi connectivity index (χ0n) is 11.8. The minimum Gasteiger partial charge on any atom is -0.353 e. The lowest BCUT2D eigenvalue weighted by Crippen LogP contribution is -2.54. The molecule has 0 aromatic carbocycles. The van der Waals surface area contributed by atoms with Gasteiger partial charge in [-0.2, -0.15) is 0 Å². The van der Waals surface area contributed by atoms with E-state index in [4.69, 9.17) is 5.73 Å². The number of nitrogens with one attached hydrogen (secondary N) is 1. The van der Waals surface area contributed by atoms with Crippen LogP contribution in [-0.4, -0.2) is 41.9 Å². The second-order valence-corrected chi connectivity index (χ2v) is 6.14. The number of nitrogens with two attached hydrogens (primary N) is 1. The molecule has 5 nitrogen and oxygen atoms in total. The number of carbonyl (C=O) groups is 2. The normalized spacial score (nSPS) is 19.5. The van der Waals surface area contributed by atoms with E-state index in [-0.39, 0.29) is 23.3 Å². The molecule has 3 N–H and O–H groups in total. The lowest BCUT2D eigenvalue weighted by Gasteiger charge is -2.36. The van der Waals surface area contributed by atoms with Gasteiger partial charge in [-0.05, 0) is 18.3 Å². The van der Waals surface area contributed by atoms with Crippen LogP contribution < -0.4 is 11.1 Å². The smallest absolute Gasteiger partial charge is 0.240 e. The molecule has 1 heterocycles. The molecule has 2 amide bonds. The van der Waals surface area contributed by atoms with Gasteiger partial charge in [-0.1, -0.05) is 20.8 Å². The molecule has 1 atom stereocenters. The largest absolute Gasteiger partial charge is 0.353 e. The molecular weight excluding hydrogens is 230 g/mol. The summed E-state index contributed by atoms with van der Waals surface area (Å²) in [5.74, 6) is 0.00921. The Labute approximate surface area is 109 Å². The molecule has 0 unspecified atom stereocenters. The van der Waals surface area contributed by atoms with Crippen LogP contribution in [0, 0.1) is 5.41 Å². The van der Waals surface area contributed by atoms with Crippen molar-refractivity contribution in [2.75, 3.05) is 13.1 Å². The third kappa shape index (κ3) is 3.98. The topological polar surface area (TPSA) is 75.4 Å². The van der Waals surface area contributed by atoms with Crippen molar-refractivity contribution >= 4 is 11.8 Å². The Morgan fingerprint density at radius 2 is 1.78 bits per heavy atom. The number of hydrogen-bond donors (Lipinski definition) is 2. The van der Waals surface area contributed by atoms with Gasteiger partial charge in [0, 0.05) is 26.1 Å². The van der Waals surface area contributed by atoms with E-state index in [1.807, 2.05) is 25.7 Å². The number of amides is 2. The summed E-state index contributed by atoms with van der Waals surface area (Å²) in [5.41, 5.74) is 5.76. The molecule has 0 saturated carbocycles. The Morgan fingerprint density at radius 1 is 1.28 bits per heavy atom. The Kier molecular flexibility index (Phi) is 4.73. The van der Waals surface area contributed by atoms with E-state index in [0.29, 0.717) is 13.1 Å². The summed E-state index contributed by atoms with van der Waals surface area (Å²) >= 11 is 0. The summed E-state index contributed by atoms with van der Waals surface area (Å²) in [7, 11) is 0. The van der Waals surface area contributed by atoms with Gasteiger partial charge in [-0.15, -0.1) is 0 Å². The van der Waals surface area contributed by atoms with Gasteiger partial charge in [-0.25, -0.2) is 0 Å². The minimum atomic E-state index is -0.463. The average molecular weight is 255 g/mol. The summed E-state index contributed by atoms with van der Waals surface area (Å²) in [6.45, 7) is 8.78. The predicted molar refractivity (Wildman–Crippen MR) is 70.8 cm³/mol. The van der Waals surface area contributed by atoms with Crippen molar-refractivity contribution in [2.45, 2.75) is 52.6 Å². The number of piperidine rings is 1. The van der Waals surface area contributed by atoms with Crippen LogP contribution >= 0.6 is 0 Å². The fraction of sp³-hybridized carbons (Fsp3) is 0.846. The lowest BCUT2D eigenvalue weighted by atomic mass is 9.86. The predicted octanol–water partition coefficient (Wildman–Crippen LogP) is 0.487. The maximum absolute atomic E-state index is 12.2. The van der Waals surface area contributed by atoms with Crippen molar-refractivity contribution in [3.05, 3.63) is 0 Å². The minimum absolute atomic E-state index is 0.00818. The molecule has 104 valence electrons. The zero-order chi connectivity index (χ0) is 13.9. The number of nitrogens with zero attached hydrogens (tertiary/aromatic N) is 1. The monoisotopic (exact) mass is 255 g/mol. The van der Waals surface area contributed by atoms with Crippen molar-refractivity contribution < 1.29 is 9.59 Å². The number of hydrogen-bond acceptors (Lipinski definition) is 3. The van der Waals surface area contributed by atoms with Crippen molar-refractivity contribution in [2.24, 2.45) is 11.1 Å². The van der Waals surface area contributed by atoms with Crippen LogP contribution in [0.2, 0.25) is 0 Å². The van der Waals surface area contributed by atoms with E-state index in [0.717, 1.165) is 12.8 Å². The van der Waals surface area contributed by atoms with E-state index in [2.05, 4.69) is 5.32 Å². The molecule has 1 saturated heterocycles. The second-order valence-electron chi connectivity index (χ2n) is 6.14. The van der Waals surface area contributed by atoms with Crippen LogP contribution in [0.5, 0.6) is 0 Å². The molecule has 1 rings (SSSR count). The van der Waals surface area contributed by atoms with Crippen LogP contribution in [0.4, 0.5) is 0 Å². The van der Waals surface area contributed by atoms with Gasteiger partial charge in [0.15, 0.2) is 0 Å². The quantitative estimate of drug-likeness (QED) is 0.754. The maximum atomic E-state index is 12.2. The number of carbonyl (C=O) groups excluding carboxylic acids is 2. The Morgan fingerprint density at radius 3 is 2.17 bits per heavy atom. The number of likely N-dealkylation sites (tertiary alicyclic amines) is 1. The van der Waals surface area contributed by atoms with Crippen molar-refractivity contribution in [3.8, 4) is 0 Å². The Hall–Kier alpha value is -1.10. The standard InChI is InChI=1S/C13H25N3O2/c1-9(17)15-10-5-7-16(8-6-10)12(18)11(14)13(2,3)4/h10-11H,5-8,14H2,1-4H3,(H,15,17)/t11-/m0/s1. The first-order valence-electron chi connectivity index (χ1n) is 6.53. The summed E-state index contributed by atoms with van der Waals surface area (Å²) in [5, 5.41) is 2.89. The van der Waals surface area contributed by atoms with Crippen LogP contribution in [0.1, 0.15) is 40.5 Å². The van der Waals surface area contributed by atoms with Gasteiger partial charge in [-0.3, -0.25) is 9.59 Å². The lowest BCUT2D eigenvalue weighted by molar-refractivity contribution is -0.136. The Bertz CT molecular complexity index is 315. The Balaban J connectivity index is 2.48. The third-order valence-corrected chi connectivity index (χ3v) is 3.41. The summed E-state index contributed by atoms with van der Waals surface area (Å²) in [6.07, 6.45) is 1.62. The van der Waals surface area contributed by atoms with Gasteiger partial charge in [0.05, 0.1) is 6.04 Å². The molecule has 0 spiro atoms. The molecule has 0 aromatic heterocycles. The van der Waals surface area contributed by atoms with E-state index in [1.165, 1.54) is 6.92 Å². The molecule has 1 aliphatic heterocycles. The van der Waals surface area contributed by atoms with Gasteiger partial charge in [0.1, 0.15) is 0 Å². The molecule has 0 bridgehead atoms. The molecule has 0 aromatic rings. The van der Waals surface area contributed by atoms with Gasteiger partial charge in [0.2, 0.25) is 11.8 Å². The highest BCUT2D eigenvalue weighted by Crippen LogP contribution is 2.21. The first-order valence-corrected chi connectivity index (χ1v) is 6.53. The van der Waals surface area contributed by atoms with Crippen LogP contribution in [-0.2, 0) is 9.59 Å². The molecule has 5 heteroatoms. The first-order chi connectivity index (χ1) is 8.21. The summed E-state index contributed by atoms with van der Waals surface area (Å²) in [6, 6.07) is -0.271. The molecular formula is C13H25N3O2. The van der Waals surface area contributed by atoms with Gasteiger partial charge >= 0.3 is 0 Å². The first kappa shape index (κ1) is 15.0. The average Bonchev–Trinajstić information content (AvgIpc) is 2.26. The van der Waals surface area contributed by atoms with E-state index < -0.39 is 6.04 Å². The fourth-order valence-corrected chi connectivity index (χ4v) is 2.10. The molecule has 0 radical (unpaired) electrons. The van der Waals surface area contributed by atoms with Crippen molar-refractivity contribution in [3.63, 3.8) is 0 Å². The zero-order valence-corrected chi connectivity index (χ0v) is 11.8. The van der Waals surface area contributed by atoms with Crippen molar-refractivity contribution in [1.29, 1.82) is 0 Å². The van der Waals surface area contributed by atoms with Crippen LogP contribution in [0.25, 0.3) is 0 Å². The SMILES string of the molecule is CC(=O)NC1CCN(C(=O)[C@H](N)C(C)(C)C)CC1. The summed E-state index contributed by atoms with van der Waals surface area (Å²) < 4.78 is 0. The van der Waals surface area contributed by atoms with Crippen LogP contribution in [0.15, 0.2) is 0 Å². The fourth-order valence-electron chi connectivity index (χ4n) is 2.10. The summed E-state index contributed by atoms with van der Waals surface area (Å²) in [4.78, 5) is 25.0. The highest BCUT2D eigenvalue weighted by molar-refractivity contribution is 5.82. The van der Waals surface area contributed by atoms with Crippen molar-refractivity contribution in [1.82, 2.24) is 10.2 Å². The van der Waals surface area contributed by atoms with E-state index in [1.54, 1.807) is 0 Å². The molecule has 1 aliphatic rings. The maximum Gasteiger partial charge on any atom is 0.240 e. The van der Waals surface area contributed by atoms with Gasteiger partial charge < -0.3 is 16.0 Å². The third-order valence-electron chi connectivity index (χ3n) is 3.41. The van der Waals surface area contributed by atoms with E-state index >= 15 is 0 Å². The van der Waals surface area contributed by atoms with Gasteiger partial charge in [0.25, 0.3) is 0 Å². The molecule has 1 fully saturated rings. The van der Waals surface area contributed by atoms with E-state index in [9.17, 15) is 9.59 Å². The molecule has 0 aliphatic carbocycles. The van der Waals surface area contributed by atoms with Crippen LogP contribution in [0.3, 0.4) is 0 Å². The highest BCUT2D eigenvalue weighted by Gasteiger charge is 2.32. The number of rotatable bonds is 2. The molecule has 18 heavy (non-hydrogen) atoms.